The van der Waals surface area contributed by atoms with Crippen molar-refractivity contribution in [3.63, 3.8) is 0 Å². The maximum absolute atomic E-state index is 6.68. The fourth-order valence-corrected chi connectivity index (χ4v) is 9.97. The van der Waals surface area contributed by atoms with Crippen LogP contribution in [0.3, 0.4) is 0 Å². The van der Waals surface area contributed by atoms with E-state index in [1.807, 2.05) is 0 Å². The van der Waals surface area contributed by atoms with Gasteiger partial charge in [0.25, 0.3) is 0 Å². The van der Waals surface area contributed by atoms with E-state index in [1.54, 1.807) is 0 Å². The second-order valence-electron chi connectivity index (χ2n) is 16.5. The lowest BCUT2D eigenvalue weighted by atomic mass is 9.82. The molecule has 0 aliphatic heterocycles. The molecule has 2 heterocycles. The van der Waals surface area contributed by atoms with Crippen LogP contribution < -0.4 is 4.90 Å². The van der Waals surface area contributed by atoms with Crippen LogP contribution in [0.2, 0.25) is 0 Å². The summed E-state index contributed by atoms with van der Waals surface area (Å²) in [5.74, 6) is 0. The zero-order valence-electron chi connectivity index (χ0n) is 33.4. The van der Waals surface area contributed by atoms with Gasteiger partial charge in [0.15, 0.2) is 0 Å². The summed E-state index contributed by atoms with van der Waals surface area (Å²) in [6, 6.07) is 74.8. The van der Waals surface area contributed by atoms with Crippen LogP contribution >= 0.6 is 0 Å². The molecule has 60 heavy (non-hydrogen) atoms. The normalized spacial score (nSPS) is 13.0. The van der Waals surface area contributed by atoms with E-state index in [0.29, 0.717) is 0 Å². The van der Waals surface area contributed by atoms with Crippen LogP contribution in [0.4, 0.5) is 17.1 Å². The number of nitrogens with zero attached hydrogens (tertiary/aromatic N) is 2. The number of aromatic nitrogens is 1. The Kier molecular flexibility index (Phi) is 7.58. The highest BCUT2D eigenvalue weighted by molar-refractivity contribution is 6.27. The largest absolute Gasteiger partial charge is 0.456 e. The van der Waals surface area contributed by atoms with Crippen molar-refractivity contribution in [1.82, 2.24) is 4.57 Å². The van der Waals surface area contributed by atoms with Crippen molar-refractivity contribution in [3.8, 4) is 39.1 Å². The summed E-state index contributed by atoms with van der Waals surface area (Å²) >= 11 is 0. The summed E-state index contributed by atoms with van der Waals surface area (Å²) in [4.78, 5) is 2.43. The van der Waals surface area contributed by atoms with E-state index in [4.69, 9.17) is 4.42 Å². The highest BCUT2D eigenvalue weighted by atomic mass is 16.3. The standard InChI is InChI=1S/C57H40N2O/c1-57(2)48-24-14-12-22-44(48)45-32-30-42(34-49(45)57)58(41-28-26-38(27-29-41)37-16-6-3-7-17-37)43-31-33-46-50(35-43)59(40-20-10-5-11-21-40)51-36-53-56(47-23-13-15-25-52(47)60-53)54(55(46)51)39-18-8-4-9-19-39/h3-36H,1-2H3. The lowest BCUT2D eigenvalue weighted by molar-refractivity contribution is 0.660. The van der Waals surface area contributed by atoms with Gasteiger partial charge in [0.05, 0.1) is 11.0 Å². The number of anilines is 3. The molecule has 0 radical (unpaired) electrons. The Labute approximate surface area is 349 Å². The molecular weight excluding hydrogens is 729 g/mol. The van der Waals surface area contributed by atoms with Crippen molar-refractivity contribution in [2.45, 2.75) is 19.3 Å². The number of fused-ring (bicyclic) bond motifs is 9. The van der Waals surface area contributed by atoms with Gasteiger partial charge < -0.3 is 13.9 Å². The van der Waals surface area contributed by atoms with Crippen LogP contribution in [-0.4, -0.2) is 4.57 Å². The number of hydrogen-bond acceptors (Lipinski definition) is 2. The van der Waals surface area contributed by atoms with Crippen LogP contribution in [-0.2, 0) is 5.41 Å². The van der Waals surface area contributed by atoms with Gasteiger partial charge in [-0.05, 0) is 93.5 Å². The van der Waals surface area contributed by atoms with Gasteiger partial charge in [0, 0.05) is 61.3 Å². The summed E-state index contributed by atoms with van der Waals surface area (Å²) in [5.41, 5.74) is 18.4. The third kappa shape index (κ3) is 5.15. The SMILES string of the molecule is CC1(C)c2ccccc2-c2ccc(N(c3ccc(-c4ccccc4)cc3)c3ccc4c5c(-c6ccccc6)c6c(cc5n(-c5ccccc5)c4c3)oc3ccccc36)cc21. The van der Waals surface area contributed by atoms with Crippen molar-refractivity contribution in [1.29, 1.82) is 0 Å². The van der Waals surface area contributed by atoms with Gasteiger partial charge >= 0.3 is 0 Å². The zero-order valence-corrected chi connectivity index (χ0v) is 33.4. The van der Waals surface area contributed by atoms with E-state index in [0.717, 1.165) is 61.3 Å². The second-order valence-corrected chi connectivity index (χ2v) is 16.5. The maximum atomic E-state index is 6.68. The Morgan fingerprint density at radius 1 is 0.417 bits per heavy atom. The van der Waals surface area contributed by atoms with Crippen LogP contribution in [0.5, 0.6) is 0 Å². The number of furan rings is 1. The molecule has 0 bridgehead atoms. The molecule has 1 aliphatic rings. The topological polar surface area (TPSA) is 21.3 Å². The summed E-state index contributed by atoms with van der Waals surface area (Å²) in [6.07, 6.45) is 0. The summed E-state index contributed by atoms with van der Waals surface area (Å²) < 4.78 is 9.11. The molecule has 0 fully saturated rings. The monoisotopic (exact) mass is 768 g/mol. The van der Waals surface area contributed by atoms with Gasteiger partial charge in [-0.25, -0.2) is 0 Å². The molecule has 9 aromatic carbocycles. The van der Waals surface area contributed by atoms with E-state index < -0.39 is 0 Å². The third-order valence-electron chi connectivity index (χ3n) is 12.8. The van der Waals surface area contributed by atoms with E-state index in [9.17, 15) is 0 Å². The predicted molar refractivity (Wildman–Crippen MR) is 251 cm³/mol. The molecule has 12 rings (SSSR count). The Morgan fingerprint density at radius 2 is 1.02 bits per heavy atom. The van der Waals surface area contributed by atoms with Crippen LogP contribution in [0.25, 0.3) is 82.8 Å². The minimum Gasteiger partial charge on any atom is -0.456 e. The van der Waals surface area contributed by atoms with E-state index in [1.165, 1.54) is 49.7 Å². The Bertz CT molecular complexity index is 3430. The molecule has 3 heteroatoms. The Hall–Kier alpha value is -7.62. The summed E-state index contributed by atoms with van der Waals surface area (Å²) in [7, 11) is 0. The maximum Gasteiger partial charge on any atom is 0.138 e. The molecule has 0 amide bonds. The van der Waals surface area contributed by atoms with Crippen LogP contribution in [0.1, 0.15) is 25.0 Å². The van der Waals surface area contributed by atoms with Crippen molar-refractivity contribution in [2.75, 3.05) is 4.90 Å². The first-order chi connectivity index (χ1) is 29.5. The molecule has 0 saturated carbocycles. The minimum atomic E-state index is -0.136. The predicted octanol–water partition coefficient (Wildman–Crippen LogP) is 15.8. The molecule has 0 saturated heterocycles. The number of rotatable bonds is 6. The van der Waals surface area contributed by atoms with Crippen molar-refractivity contribution < 1.29 is 4.42 Å². The number of hydrogen-bond donors (Lipinski definition) is 0. The molecule has 11 aromatic rings. The van der Waals surface area contributed by atoms with Gasteiger partial charge in [0.1, 0.15) is 11.2 Å². The molecule has 0 atom stereocenters. The average molecular weight is 769 g/mol. The van der Waals surface area contributed by atoms with Gasteiger partial charge in [0.2, 0.25) is 0 Å². The molecule has 0 unspecified atom stereocenters. The van der Waals surface area contributed by atoms with E-state index in [-0.39, 0.29) is 5.41 Å². The lowest BCUT2D eigenvalue weighted by Gasteiger charge is -2.28. The molecule has 1 aliphatic carbocycles. The summed E-state index contributed by atoms with van der Waals surface area (Å²) in [6.45, 7) is 4.71. The first-order valence-corrected chi connectivity index (χ1v) is 20.8. The minimum absolute atomic E-state index is 0.136. The Morgan fingerprint density at radius 3 is 1.80 bits per heavy atom. The van der Waals surface area contributed by atoms with Crippen molar-refractivity contribution >= 4 is 60.8 Å². The second kappa shape index (κ2) is 13.2. The van der Waals surface area contributed by atoms with Gasteiger partial charge in [-0.3, -0.25) is 0 Å². The lowest BCUT2D eigenvalue weighted by Crippen LogP contribution is -2.16. The number of para-hydroxylation sites is 2. The molecule has 0 N–H and O–H groups in total. The van der Waals surface area contributed by atoms with Gasteiger partial charge in [-0.2, -0.15) is 0 Å². The fourth-order valence-electron chi connectivity index (χ4n) is 9.97. The average Bonchev–Trinajstić information content (AvgIpc) is 3.91. The molecule has 284 valence electrons. The number of benzene rings is 9. The zero-order chi connectivity index (χ0) is 40.0. The smallest absolute Gasteiger partial charge is 0.138 e. The Balaban J connectivity index is 1.14. The quantitative estimate of drug-likeness (QED) is 0.168. The van der Waals surface area contributed by atoms with Gasteiger partial charge in [-0.15, -0.1) is 0 Å². The highest BCUT2D eigenvalue weighted by Gasteiger charge is 2.36. The molecule has 2 aromatic heterocycles. The van der Waals surface area contributed by atoms with Crippen molar-refractivity contribution in [3.05, 3.63) is 217 Å². The van der Waals surface area contributed by atoms with E-state index in [2.05, 4.69) is 230 Å². The van der Waals surface area contributed by atoms with Crippen LogP contribution in [0, 0.1) is 0 Å². The third-order valence-corrected chi connectivity index (χ3v) is 12.8. The first-order valence-electron chi connectivity index (χ1n) is 20.8. The van der Waals surface area contributed by atoms with Gasteiger partial charge in [-0.1, -0.05) is 159 Å². The highest BCUT2D eigenvalue weighted by Crippen LogP contribution is 2.52. The molecule has 3 nitrogen and oxygen atoms in total. The molecular formula is C57H40N2O. The van der Waals surface area contributed by atoms with Crippen molar-refractivity contribution in [2.24, 2.45) is 0 Å². The fraction of sp³-hybridized carbons (Fsp3) is 0.0526. The molecule has 0 spiro atoms. The van der Waals surface area contributed by atoms with Crippen LogP contribution in [0.15, 0.2) is 211 Å². The first kappa shape index (κ1) is 34.4. The van der Waals surface area contributed by atoms with E-state index >= 15 is 0 Å². The summed E-state index contributed by atoms with van der Waals surface area (Å²) in [5, 5.41) is 4.66.